The molecule has 19 heavy (non-hydrogen) atoms. The van der Waals surface area contributed by atoms with Gasteiger partial charge in [0.15, 0.2) is 9.84 Å². The second-order valence-corrected chi connectivity index (χ2v) is 7.37. The smallest absolute Gasteiger partial charge is 0.310 e. The Morgan fingerprint density at radius 3 is 2.58 bits per heavy atom. The number of sulfone groups is 1. The van der Waals surface area contributed by atoms with Crippen LogP contribution in [0, 0.1) is 13.8 Å². The van der Waals surface area contributed by atoms with Crippen molar-refractivity contribution in [1.82, 2.24) is 9.78 Å². The third kappa shape index (κ3) is 2.51. The van der Waals surface area contributed by atoms with Gasteiger partial charge in [0.25, 0.3) is 0 Å². The number of hydrogen-bond donors (Lipinski definition) is 1. The molecule has 0 amide bonds. The number of aliphatic carboxylic acids is 1. The monoisotopic (exact) mass is 286 g/mol. The molecule has 0 aliphatic carbocycles. The van der Waals surface area contributed by atoms with Gasteiger partial charge in [-0.1, -0.05) is 0 Å². The minimum absolute atomic E-state index is 0.0931. The molecule has 1 aliphatic heterocycles. The van der Waals surface area contributed by atoms with Crippen LogP contribution in [-0.4, -0.2) is 40.8 Å². The van der Waals surface area contributed by atoms with Gasteiger partial charge in [-0.2, -0.15) is 5.10 Å². The van der Waals surface area contributed by atoms with Gasteiger partial charge in [-0.3, -0.25) is 9.48 Å². The van der Waals surface area contributed by atoms with Gasteiger partial charge in [0.05, 0.1) is 29.2 Å². The lowest BCUT2D eigenvalue weighted by atomic mass is 9.99. The topological polar surface area (TPSA) is 89.3 Å². The van der Waals surface area contributed by atoms with Crippen molar-refractivity contribution in [3.63, 3.8) is 0 Å². The fraction of sp³-hybridized carbons (Fsp3) is 0.667. The third-order valence-corrected chi connectivity index (χ3v) is 5.49. The van der Waals surface area contributed by atoms with Crippen LogP contribution in [0.15, 0.2) is 0 Å². The lowest BCUT2D eigenvalue weighted by Gasteiger charge is -2.12. The fourth-order valence-electron chi connectivity index (χ4n) is 2.75. The molecule has 2 heterocycles. The van der Waals surface area contributed by atoms with E-state index < -0.39 is 21.7 Å². The van der Waals surface area contributed by atoms with E-state index in [9.17, 15) is 13.2 Å². The van der Waals surface area contributed by atoms with E-state index in [4.69, 9.17) is 5.11 Å². The Kier molecular flexibility index (Phi) is 3.42. The maximum Gasteiger partial charge on any atom is 0.310 e. The van der Waals surface area contributed by atoms with Gasteiger partial charge in [0, 0.05) is 11.3 Å². The number of carbonyl (C=O) groups is 1. The van der Waals surface area contributed by atoms with Crippen molar-refractivity contribution < 1.29 is 18.3 Å². The first kappa shape index (κ1) is 14.0. The molecule has 2 atom stereocenters. The highest BCUT2D eigenvalue weighted by atomic mass is 32.2. The lowest BCUT2D eigenvalue weighted by Crippen LogP contribution is -2.15. The number of carboxylic acid groups (broad SMARTS) is 1. The quantitative estimate of drug-likeness (QED) is 0.897. The van der Waals surface area contributed by atoms with Crippen molar-refractivity contribution >= 4 is 15.8 Å². The first-order valence-corrected chi connectivity index (χ1v) is 8.04. The summed E-state index contributed by atoms with van der Waals surface area (Å²) in [4.78, 5) is 11.1. The zero-order chi connectivity index (χ0) is 14.4. The molecule has 0 saturated carbocycles. The summed E-state index contributed by atoms with van der Waals surface area (Å²) in [6.07, 6.45) is 0.547. The summed E-state index contributed by atoms with van der Waals surface area (Å²) < 4.78 is 24.7. The second-order valence-electron chi connectivity index (χ2n) is 5.15. The van der Waals surface area contributed by atoms with Crippen LogP contribution in [0.3, 0.4) is 0 Å². The van der Waals surface area contributed by atoms with Crippen molar-refractivity contribution in [2.24, 2.45) is 0 Å². The van der Waals surface area contributed by atoms with Crippen LogP contribution in [0.4, 0.5) is 0 Å². The van der Waals surface area contributed by atoms with Crippen LogP contribution >= 0.6 is 0 Å². The van der Waals surface area contributed by atoms with Crippen molar-refractivity contribution in [3.8, 4) is 0 Å². The molecule has 106 valence electrons. The summed E-state index contributed by atoms with van der Waals surface area (Å²) in [6.45, 7) is 5.19. The van der Waals surface area contributed by atoms with Crippen LogP contribution in [0.5, 0.6) is 0 Å². The molecule has 0 bridgehead atoms. The van der Waals surface area contributed by atoms with Gasteiger partial charge in [0.2, 0.25) is 0 Å². The highest BCUT2D eigenvalue weighted by Crippen LogP contribution is 2.30. The Bertz CT molecular complexity index is 618. The van der Waals surface area contributed by atoms with Crippen molar-refractivity contribution in [2.75, 3.05) is 11.5 Å². The van der Waals surface area contributed by atoms with Gasteiger partial charge in [-0.15, -0.1) is 0 Å². The van der Waals surface area contributed by atoms with E-state index in [1.807, 2.05) is 0 Å². The normalized spacial score (nSPS) is 23.4. The summed E-state index contributed by atoms with van der Waals surface area (Å²) in [5.74, 6) is -1.26. The first-order valence-electron chi connectivity index (χ1n) is 6.22. The summed E-state index contributed by atoms with van der Waals surface area (Å²) in [5, 5.41) is 13.5. The lowest BCUT2D eigenvalue weighted by molar-refractivity contribution is -0.138. The van der Waals surface area contributed by atoms with E-state index in [0.29, 0.717) is 17.7 Å². The van der Waals surface area contributed by atoms with Crippen molar-refractivity contribution in [3.05, 3.63) is 17.0 Å². The van der Waals surface area contributed by atoms with E-state index in [0.717, 1.165) is 5.69 Å². The van der Waals surface area contributed by atoms with Gasteiger partial charge >= 0.3 is 5.97 Å². The van der Waals surface area contributed by atoms with E-state index >= 15 is 0 Å². The molecule has 0 spiro atoms. The molecule has 0 aromatic carbocycles. The number of rotatable bonds is 3. The average molecular weight is 286 g/mol. The Balaban J connectivity index is 2.40. The molecule has 1 aromatic rings. The summed E-state index contributed by atoms with van der Waals surface area (Å²) in [5.41, 5.74) is 2.11. The number of hydrogen-bond acceptors (Lipinski definition) is 4. The maximum atomic E-state index is 11.5. The summed E-state index contributed by atoms with van der Waals surface area (Å²) in [6, 6.07) is -0.168. The molecule has 1 saturated heterocycles. The Morgan fingerprint density at radius 1 is 1.47 bits per heavy atom. The van der Waals surface area contributed by atoms with Crippen LogP contribution in [0.2, 0.25) is 0 Å². The average Bonchev–Trinajstić information content (AvgIpc) is 2.78. The van der Waals surface area contributed by atoms with Crippen LogP contribution in [0.1, 0.15) is 42.3 Å². The number of nitrogens with zero attached hydrogens (tertiary/aromatic N) is 2. The van der Waals surface area contributed by atoms with E-state index in [2.05, 4.69) is 5.10 Å². The van der Waals surface area contributed by atoms with E-state index in [1.54, 1.807) is 25.5 Å². The zero-order valence-electron chi connectivity index (χ0n) is 11.3. The molecule has 6 nitrogen and oxygen atoms in total. The molecular formula is C12H18N2O4S. The molecule has 7 heteroatoms. The van der Waals surface area contributed by atoms with E-state index in [1.165, 1.54) is 0 Å². The minimum Gasteiger partial charge on any atom is -0.481 e. The highest BCUT2D eigenvalue weighted by molar-refractivity contribution is 7.91. The van der Waals surface area contributed by atoms with Gasteiger partial charge in [-0.05, 0) is 27.2 Å². The number of aryl methyl sites for hydroxylation is 1. The largest absolute Gasteiger partial charge is 0.481 e. The third-order valence-electron chi connectivity index (χ3n) is 3.74. The predicted molar refractivity (Wildman–Crippen MR) is 70.1 cm³/mol. The molecular weight excluding hydrogens is 268 g/mol. The van der Waals surface area contributed by atoms with Crippen molar-refractivity contribution in [1.29, 1.82) is 0 Å². The number of carboxylic acids is 1. The minimum atomic E-state index is -2.98. The molecule has 1 N–H and O–H groups in total. The standard InChI is InChI=1S/C12H18N2O4S/c1-7(12(15)16)11-8(2)13-14(9(11)3)10-4-5-19(17,18)6-10/h7,10H,4-6H2,1-3H3,(H,15,16). The number of aromatic nitrogens is 2. The van der Waals surface area contributed by atoms with E-state index in [-0.39, 0.29) is 17.5 Å². The summed E-state index contributed by atoms with van der Waals surface area (Å²) in [7, 11) is -2.98. The molecule has 2 unspecified atom stereocenters. The van der Waals surface area contributed by atoms with Gasteiger partial charge < -0.3 is 5.11 Å². The molecule has 1 fully saturated rings. The molecule has 0 radical (unpaired) electrons. The Morgan fingerprint density at radius 2 is 2.11 bits per heavy atom. The first-order chi connectivity index (χ1) is 8.73. The molecule has 1 aromatic heterocycles. The predicted octanol–water partition coefficient (Wildman–Crippen LogP) is 1.05. The Hall–Kier alpha value is -1.37. The van der Waals surface area contributed by atoms with Crippen LogP contribution in [-0.2, 0) is 14.6 Å². The second kappa shape index (κ2) is 4.63. The SMILES string of the molecule is Cc1nn(C2CCS(=O)(=O)C2)c(C)c1C(C)C(=O)O. The van der Waals surface area contributed by atoms with Gasteiger partial charge in [0.1, 0.15) is 0 Å². The zero-order valence-corrected chi connectivity index (χ0v) is 12.1. The highest BCUT2D eigenvalue weighted by Gasteiger charge is 2.32. The van der Waals surface area contributed by atoms with Gasteiger partial charge in [-0.25, -0.2) is 8.42 Å². The Labute approximate surface area is 112 Å². The summed E-state index contributed by atoms with van der Waals surface area (Å²) >= 11 is 0. The molecule has 2 rings (SSSR count). The van der Waals surface area contributed by atoms with Crippen molar-refractivity contribution in [2.45, 2.75) is 39.2 Å². The van der Waals surface area contributed by atoms with Crippen LogP contribution < -0.4 is 0 Å². The fourth-order valence-corrected chi connectivity index (χ4v) is 4.44. The van der Waals surface area contributed by atoms with Crippen LogP contribution in [0.25, 0.3) is 0 Å². The maximum absolute atomic E-state index is 11.5. The molecule has 1 aliphatic rings.